The van der Waals surface area contributed by atoms with E-state index in [1.807, 2.05) is 6.07 Å². The van der Waals surface area contributed by atoms with E-state index in [1.165, 1.54) is 17.0 Å². The second-order valence-corrected chi connectivity index (χ2v) is 6.60. The third-order valence-electron chi connectivity index (χ3n) is 2.62. The summed E-state index contributed by atoms with van der Waals surface area (Å²) in [5.41, 5.74) is 3.60. The standard InChI is InChI=1S/C12H13BrN4O2S/c13-12-2-1-11(20-12)3-4-15-8-5-9(16-14)7-10(6-8)17(18)19/h1-2,5-7,15-16H,3-4,14H2. The number of nitro benzene ring substituents is 1. The summed E-state index contributed by atoms with van der Waals surface area (Å²) in [6.07, 6.45) is 0.852. The van der Waals surface area contributed by atoms with Crippen molar-refractivity contribution in [2.75, 3.05) is 17.3 Å². The molecule has 1 aromatic carbocycles. The molecule has 0 aliphatic carbocycles. The van der Waals surface area contributed by atoms with Gasteiger partial charge in [-0.1, -0.05) is 0 Å². The second-order valence-electron chi connectivity index (χ2n) is 4.05. The van der Waals surface area contributed by atoms with Crippen LogP contribution in [0.25, 0.3) is 0 Å². The summed E-state index contributed by atoms with van der Waals surface area (Å²) in [5, 5.41) is 14.0. The second kappa shape index (κ2) is 6.69. The van der Waals surface area contributed by atoms with Crippen LogP contribution in [0, 0.1) is 10.1 Å². The van der Waals surface area contributed by atoms with Crippen molar-refractivity contribution in [3.63, 3.8) is 0 Å². The Labute approximate surface area is 128 Å². The van der Waals surface area contributed by atoms with Crippen LogP contribution in [-0.4, -0.2) is 11.5 Å². The zero-order valence-corrected chi connectivity index (χ0v) is 12.8. The zero-order valence-electron chi connectivity index (χ0n) is 10.4. The van der Waals surface area contributed by atoms with E-state index < -0.39 is 4.92 Å². The molecule has 0 amide bonds. The molecular weight excluding hydrogens is 344 g/mol. The number of nitro groups is 1. The SMILES string of the molecule is NNc1cc(NCCc2ccc(Br)s2)cc([N+](=O)[O-])c1. The first-order valence-electron chi connectivity index (χ1n) is 5.82. The molecule has 0 atom stereocenters. The first-order valence-corrected chi connectivity index (χ1v) is 7.43. The van der Waals surface area contributed by atoms with Crippen molar-refractivity contribution >= 4 is 44.3 Å². The summed E-state index contributed by atoms with van der Waals surface area (Å²) in [6, 6.07) is 8.67. The summed E-state index contributed by atoms with van der Waals surface area (Å²) in [4.78, 5) is 11.6. The van der Waals surface area contributed by atoms with Crippen LogP contribution >= 0.6 is 27.3 Å². The normalized spacial score (nSPS) is 10.3. The fourth-order valence-corrected chi connectivity index (χ4v) is 3.20. The molecule has 20 heavy (non-hydrogen) atoms. The Morgan fingerprint density at radius 2 is 2.05 bits per heavy atom. The van der Waals surface area contributed by atoms with Crippen LogP contribution < -0.4 is 16.6 Å². The van der Waals surface area contributed by atoms with E-state index in [-0.39, 0.29) is 5.69 Å². The molecule has 0 aliphatic heterocycles. The molecule has 1 aromatic heterocycles. The lowest BCUT2D eigenvalue weighted by molar-refractivity contribution is -0.384. The van der Waals surface area contributed by atoms with Gasteiger partial charge in [-0.05, 0) is 40.5 Å². The van der Waals surface area contributed by atoms with Crippen LogP contribution in [0.2, 0.25) is 0 Å². The van der Waals surface area contributed by atoms with E-state index in [4.69, 9.17) is 5.84 Å². The molecule has 2 aromatic rings. The number of nitrogen functional groups attached to an aromatic ring is 1. The largest absolute Gasteiger partial charge is 0.384 e. The molecule has 0 saturated carbocycles. The smallest absolute Gasteiger partial charge is 0.273 e. The number of rotatable bonds is 6. The van der Waals surface area contributed by atoms with E-state index in [9.17, 15) is 10.1 Å². The molecule has 6 nitrogen and oxygen atoms in total. The van der Waals surface area contributed by atoms with Crippen LogP contribution in [0.4, 0.5) is 17.1 Å². The van der Waals surface area contributed by atoms with E-state index in [1.54, 1.807) is 17.4 Å². The highest BCUT2D eigenvalue weighted by atomic mass is 79.9. The molecule has 0 saturated heterocycles. The maximum Gasteiger partial charge on any atom is 0.273 e. The van der Waals surface area contributed by atoms with Crippen molar-refractivity contribution in [2.24, 2.45) is 5.84 Å². The summed E-state index contributed by atoms with van der Waals surface area (Å²) in [6.45, 7) is 0.693. The summed E-state index contributed by atoms with van der Waals surface area (Å²) in [5.74, 6) is 5.31. The van der Waals surface area contributed by atoms with Gasteiger partial charge in [-0.25, -0.2) is 0 Å². The molecule has 0 radical (unpaired) electrons. The van der Waals surface area contributed by atoms with E-state index in [0.29, 0.717) is 17.9 Å². The Morgan fingerprint density at radius 1 is 1.30 bits per heavy atom. The number of anilines is 2. The van der Waals surface area contributed by atoms with Crippen LogP contribution in [0.1, 0.15) is 4.88 Å². The number of thiophene rings is 1. The Bertz CT molecular complexity index is 617. The molecular formula is C12H13BrN4O2S. The van der Waals surface area contributed by atoms with Crippen molar-refractivity contribution < 1.29 is 4.92 Å². The Balaban J connectivity index is 2.01. The first-order chi connectivity index (χ1) is 9.58. The minimum Gasteiger partial charge on any atom is -0.384 e. The lowest BCUT2D eigenvalue weighted by atomic mass is 10.2. The van der Waals surface area contributed by atoms with Gasteiger partial charge in [-0.2, -0.15) is 0 Å². The van der Waals surface area contributed by atoms with Crippen molar-refractivity contribution in [2.45, 2.75) is 6.42 Å². The van der Waals surface area contributed by atoms with Gasteiger partial charge in [0.2, 0.25) is 0 Å². The van der Waals surface area contributed by atoms with Gasteiger partial charge in [0.15, 0.2) is 0 Å². The van der Waals surface area contributed by atoms with E-state index in [0.717, 1.165) is 10.2 Å². The lowest BCUT2D eigenvalue weighted by Gasteiger charge is -2.08. The molecule has 0 fully saturated rings. The zero-order chi connectivity index (χ0) is 14.5. The van der Waals surface area contributed by atoms with Gasteiger partial charge < -0.3 is 10.7 Å². The highest BCUT2D eigenvalue weighted by Gasteiger charge is 2.09. The van der Waals surface area contributed by atoms with Crippen LogP contribution in [0.15, 0.2) is 34.1 Å². The van der Waals surface area contributed by atoms with Gasteiger partial charge in [0.1, 0.15) is 0 Å². The fraction of sp³-hybridized carbons (Fsp3) is 0.167. The number of hydrogen-bond acceptors (Lipinski definition) is 6. The topological polar surface area (TPSA) is 93.2 Å². The number of hydrogen-bond donors (Lipinski definition) is 3. The lowest BCUT2D eigenvalue weighted by Crippen LogP contribution is -2.09. The highest BCUT2D eigenvalue weighted by Crippen LogP contribution is 2.25. The third-order valence-corrected chi connectivity index (χ3v) is 4.31. The molecule has 0 bridgehead atoms. The Hall–Kier alpha value is -1.64. The van der Waals surface area contributed by atoms with Gasteiger partial charge in [-0.15, -0.1) is 11.3 Å². The van der Waals surface area contributed by atoms with Crippen molar-refractivity contribution in [3.05, 3.63) is 49.1 Å². The maximum absolute atomic E-state index is 10.8. The molecule has 0 spiro atoms. The monoisotopic (exact) mass is 356 g/mol. The van der Waals surface area contributed by atoms with Gasteiger partial charge in [-0.3, -0.25) is 16.0 Å². The van der Waals surface area contributed by atoms with Gasteiger partial charge in [0.25, 0.3) is 5.69 Å². The number of nitrogens with zero attached hydrogens (tertiary/aromatic N) is 1. The summed E-state index contributed by atoms with van der Waals surface area (Å²) in [7, 11) is 0. The van der Waals surface area contributed by atoms with Gasteiger partial charge in [0, 0.05) is 29.2 Å². The summed E-state index contributed by atoms with van der Waals surface area (Å²) >= 11 is 5.09. The minimum absolute atomic E-state index is 0.00168. The Kier molecular flexibility index (Phi) is 4.94. The number of nitrogens with one attached hydrogen (secondary N) is 2. The molecule has 1 heterocycles. The number of non-ortho nitro benzene ring substituents is 1. The number of hydrazine groups is 1. The predicted molar refractivity (Wildman–Crippen MR) is 85.1 cm³/mol. The van der Waals surface area contributed by atoms with Gasteiger partial charge in [0.05, 0.1) is 14.4 Å². The number of nitrogens with two attached hydrogens (primary N) is 1. The van der Waals surface area contributed by atoms with Crippen molar-refractivity contribution in [1.29, 1.82) is 0 Å². The predicted octanol–water partition coefficient (Wildman–Crippen LogP) is 3.36. The average Bonchev–Trinajstić information content (AvgIpc) is 2.84. The van der Waals surface area contributed by atoms with E-state index in [2.05, 4.69) is 32.7 Å². The first kappa shape index (κ1) is 14.8. The fourth-order valence-electron chi connectivity index (χ4n) is 1.72. The number of benzene rings is 1. The molecule has 0 aliphatic rings. The average molecular weight is 357 g/mol. The van der Waals surface area contributed by atoms with Gasteiger partial charge >= 0.3 is 0 Å². The number of halogens is 1. The van der Waals surface area contributed by atoms with Crippen LogP contribution in [0.3, 0.4) is 0 Å². The molecule has 8 heteroatoms. The minimum atomic E-state index is -0.442. The van der Waals surface area contributed by atoms with Crippen molar-refractivity contribution in [1.82, 2.24) is 0 Å². The van der Waals surface area contributed by atoms with Crippen molar-refractivity contribution in [3.8, 4) is 0 Å². The molecule has 106 valence electrons. The van der Waals surface area contributed by atoms with Crippen LogP contribution in [0.5, 0.6) is 0 Å². The quantitative estimate of drug-likeness (QED) is 0.419. The molecule has 0 unspecified atom stereocenters. The Morgan fingerprint density at radius 3 is 2.65 bits per heavy atom. The highest BCUT2D eigenvalue weighted by molar-refractivity contribution is 9.11. The molecule has 2 rings (SSSR count). The summed E-state index contributed by atoms with van der Waals surface area (Å²) < 4.78 is 1.09. The van der Waals surface area contributed by atoms with Crippen LogP contribution in [-0.2, 0) is 6.42 Å². The molecule has 4 N–H and O–H groups in total. The maximum atomic E-state index is 10.8. The van der Waals surface area contributed by atoms with E-state index >= 15 is 0 Å². The third kappa shape index (κ3) is 3.92.